The van der Waals surface area contributed by atoms with Gasteiger partial charge in [0.2, 0.25) is 0 Å². The predicted molar refractivity (Wildman–Crippen MR) is 70.6 cm³/mol. The number of piperazine rings is 1. The average Bonchev–Trinajstić information content (AvgIpc) is 2.17. The normalized spacial score (nSPS) is 24.6. The second-order valence-corrected chi connectivity index (χ2v) is 5.98. The van der Waals surface area contributed by atoms with Gasteiger partial charge < -0.3 is 10.6 Å². The van der Waals surface area contributed by atoms with Gasteiger partial charge in [0.05, 0.1) is 0 Å². The maximum atomic E-state index is 5.75. The SMILES string of the molecule is CC(N)CCCCN1CCN(C)C(C)(C)C1. The lowest BCUT2D eigenvalue weighted by Crippen LogP contribution is -2.57. The molecule has 0 radical (unpaired) electrons. The van der Waals surface area contributed by atoms with E-state index in [1.165, 1.54) is 39.0 Å². The summed E-state index contributed by atoms with van der Waals surface area (Å²) in [6.45, 7) is 11.6. The molecule has 3 heteroatoms. The van der Waals surface area contributed by atoms with Gasteiger partial charge in [0.1, 0.15) is 0 Å². The lowest BCUT2D eigenvalue weighted by Gasteiger charge is -2.45. The molecule has 1 saturated heterocycles. The maximum absolute atomic E-state index is 5.75. The standard InChI is InChI=1S/C13H29N3/c1-12(14)7-5-6-8-16-10-9-15(4)13(2,3)11-16/h12H,5-11,14H2,1-4H3. The molecule has 0 bridgehead atoms. The van der Waals surface area contributed by atoms with E-state index in [4.69, 9.17) is 5.73 Å². The van der Waals surface area contributed by atoms with Crippen LogP contribution in [0.5, 0.6) is 0 Å². The van der Waals surface area contributed by atoms with Crippen LogP contribution in [-0.4, -0.2) is 54.6 Å². The first kappa shape index (κ1) is 13.9. The molecule has 2 N–H and O–H groups in total. The molecule has 0 aliphatic carbocycles. The summed E-state index contributed by atoms with van der Waals surface area (Å²) < 4.78 is 0. The van der Waals surface area contributed by atoms with Gasteiger partial charge in [0, 0.05) is 31.2 Å². The van der Waals surface area contributed by atoms with E-state index >= 15 is 0 Å². The zero-order chi connectivity index (χ0) is 12.2. The second-order valence-electron chi connectivity index (χ2n) is 5.98. The van der Waals surface area contributed by atoms with Crippen LogP contribution in [0.15, 0.2) is 0 Å². The minimum absolute atomic E-state index is 0.333. The Balaban J connectivity index is 2.19. The van der Waals surface area contributed by atoms with Crippen molar-refractivity contribution in [3.05, 3.63) is 0 Å². The van der Waals surface area contributed by atoms with Crippen molar-refractivity contribution in [2.24, 2.45) is 5.73 Å². The Morgan fingerprint density at radius 1 is 1.25 bits per heavy atom. The fraction of sp³-hybridized carbons (Fsp3) is 1.00. The number of likely N-dealkylation sites (N-methyl/N-ethyl adjacent to an activating group) is 1. The molecule has 1 unspecified atom stereocenters. The van der Waals surface area contributed by atoms with Gasteiger partial charge in [-0.2, -0.15) is 0 Å². The van der Waals surface area contributed by atoms with Crippen LogP contribution in [0.3, 0.4) is 0 Å². The molecule has 3 nitrogen and oxygen atoms in total. The summed E-state index contributed by atoms with van der Waals surface area (Å²) in [7, 11) is 2.23. The Morgan fingerprint density at radius 2 is 1.94 bits per heavy atom. The van der Waals surface area contributed by atoms with Crippen molar-refractivity contribution < 1.29 is 0 Å². The van der Waals surface area contributed by atoms with Crippen LogP contribution in [0, 0.1) is 0 Å². The van der Waals surface area contributed by atoms with E-state index in [0.29, 0.717) is 11.6 Å². The van der Waals surface area contributed by atoms with E-state index in [-0.39, 0.29) is 0 Å². The van der Waals surface area contributed by atoms with Gasteiger partial charge in [0.25, 0.3) is 0 Å². The number of nitrogens with zero attached hydrogens (tertiary/aromatic N) is 2. The van der Waals surface area contributed by atoms with E-state index in [9.17, 15) is 0 Å². The zero-order valence-electron chi connectivity index (χ0n) is 11.5. The van der Waals surface area contributed by atoms with Gasteiger partial charge >= 0.3 is 0 Å². The molecule has 0 aromatic rings. The molecule has 16 heavy (non-hydrogen) atoms. The number of nitrogens with two attached hydrogens (primary N) is 1. The highest BCUT2D eigenvalue weighted by molar-refractivity contribution is 4.87. The molecule has 1 fully saturated rings. The van der Waals surface area contributed by atoms with Crippen LogP contribution in [-0.2, 0) is 0 Å². The Labute approximate surface area is 101 Å². The molecule has 0 aromatic heterocycles. The largest absolute Gasteiger partial charge is 0.328 e. The molecular formula is C13H29N3. The van der Waals surface area contributed by atoms with Gasteiger partial charge in [-0.1, -0.05) is 6.42 Å². The average molecular weight is 227 g/mol. The van der Waals surface area contributed by atoms with Crippen molar-refractivity contribution in [1.82, 2.24) is 9.80 Å². The van der Waals surface area contributed by atoms with Crippen molar-refractivity contribution in [2.75, 3.05) is 33.2 Å². The Kier molecular flexibility index (Phi) is 5.22. The van der Waals surface area contributed by atoms with Crippen molar-refractivity contribution in [2.45, 2.75) is 51.6 Å². The summed E-state index contributed by atoms with van der Waals surface area (Å²) in [6.07, 6.45) is 3.73. The number of rotatable bonds is 5. The molecule has 0 spiro atoms. The third-order valence-corrected chi connectivity index (χ3v) is 3.78. The van der Waals surface area contributed by atoms with Gasteiger partial charge in [-0.15, -0.1) is 0 Å². The fourth-order valence-corrected chi connectivity index (χ4v) is 2.33. The second kappa shape index (κ2) is 5.99. The maximum Gasteiger partial charge on any atom is 0.0277 e. The Bertz CT molecular complexity index is 201. The summed E-state index contributed by atoms with van der Waals surface area (Å²) in [6, 6.07) is 0.365. The first-order valence-corrected chi connectivity index (χ1v) is 6.61. The molecule has 96 valence electrons. The summed E-state index contributed by atoms with van der Waals surface area (Å²) in [5, 5.41) is 0. The van der Waals surface area contributed by atoms with Crippen LogP contribution in [0.25, 0.3) is 0 Å². The van der Waals surface area contributed by atoms with E-state index in [2.05, 4.69) is 37.6 Å². The van der Waals surface area contributed by atoms with Crippen molar-refractivity contribution in [1.29, 1.82) is 0 Å². The minimum Gasteiger partial charge on any atom is -0.328 e. The Morgan fingerprint density at radius 3 is 2.50 bits per heavy atom. The van der Waals surface area contributed by atoms with E-state index in [1.54, 1.807) is 0 Å². The lowest BCUT2D eigenvalue weighted by molar-refractivity contribution is 0.0392. The monoisotopic (exact) mass is 227 g/mol. The highest BCUT2D eigenvalue weighted by Gasteiger charge is 2.30. The lowest BCUT2D eigenvalue weighted by atomic mass is 9.99. The van der Waals surface area contributed by atoms with Crippen molar-refractivity contribution in [3.8, 4) is 0 Å². The Hall–Kier alpha value is -0.120. The molecule has 0 saturated carbocycles. The topological polar surface area (TPSA) is 32.5 Å². The summed E-state index contributed by atoms with van der Waals surface area (Å²) in [4.78, 5) is 5.06. The minimum atomic E-state index is 0.333. The van der Waals surface area contributed by atoms with Gasteiger partial charge in [-0.25, -0.2) is 0 Å². The predicted octanol–water partition coefficient (Wildman–Crippen LogP) is 1.53. The van der Waals surface area contributed by atoms with E-state index < -0.39 is 0 Å². The van der Waals surface area contributed by atoms with Crippen LogP contribution >= 0.6 is 0 Å². The summed E-state index contributed by atoms with van der Waals surface area (Å²) in [5.74, 6) is 0. The molecule has 1 rings (SSSR count). The molecule has 1 aliphatic rings. The van der Waals surface area contributed by atoms with Gasteiger partial charge in [0.15, 0.2) is 0 Å². The third-order valence-electron chi connectivity index (χ3n) is 3.78. The quantitative estimate of drug-likeness (QED) is 0.723. The number of hydrogen-bond donors (Lipinski definition) is 1. The van der Waals surface area contributed by atoms with E-state index in [0.717, 1.165) is 6.42 Å². The molecular weight excluding hydrogens is 198 g/mol. The summed E-state index contributed by atoms with van der Waals surface area (Å²) >= 11 is 0. The van der Waals surface area contributed by atoms with Crippen LogP contribution in [0.1, 0.15) is 40.0 Å². The fourth-order valence-electron chi connectivity index (χ4n) is 2.33. The molecule has 0 amide bonds. The first-order chi connectivity index (χ1) is 7.42. The van der Waals surface area contributed by atoms with E-state index in [1.807, 2.05) is 0 Å². The number of hydrogen-bond acceptors (Lipinski definition) is 3. The third kappa shape index (κ3) is 4.40. The molecule has 1 aliphatic heterocycles. The van der Waals surface area contributed by atoms with Crippen LogP contribution in [0.2, 0.25) is 0 Å². The molecule has 1 atom stereocenters. The van der Waals surface area contributed by atoms with Crippen LogP contribution < -0.4 is 5.73 Å². The van der Waals surface area contributed by atoms with Crippen molar-refractivity contribution >= 4 is 0 Å². The highest BCUT2D eigenvalue weighted by Crippen LogP contribution is 2.19. The van der Waals surface area contributed by atoms with Crippen LogP contribution in [0.4, 0.5) is 0 Å². The van der Waals surface area contributed by atoms with Gasteiger partial charge in [-0.05, 0) is 47.2 Å². The first-order valence-electron chi connectivity index (χ1n) is 6.61. The van der Waals surface area contributed by atoms with Crippen molar-refractivity contribution in [3.63, 3.8) is 0 Å². The molecule has 1 heterocycles. The molecule has 0 aromatic carbocycles. The van der Waals surface area contributed by atoms with Gasteiger partial charge in [-0.3, -0.25) is 4.90 Å². The summed E-state index contributed by atoms with van der Waals surface area (Å²) in [5.41, 5.74) is 6.09. The highest BCUT2D eigenvalue weighted by atomic mass is 15.3. The zero-order valence-corrected chi connectivity index (χ0v) is 11.5. The number of unbranched alkanes of at least 4 members (excludes halogenated alkanes) is 1. The smallest absolute Gasteiger partial charge is 0.0277 e.